The summed E-state index contributed by atoms with van der Waals surface area (Å²) in [5.74, 6) is -1.09. The maximum absolute atomic E-state index is 13.7. The fourth-order valence-electron chi connectivity index (χ4n) is 2.26. The molecule has 1 aromatic rings. The molecule has 0 aliphatic rings. The molecule has 3 heteroatoms. The largest absolute Gasteiger partial charge is 0.494 e. The van der Waals surface area contributed by atoms with E-state index in [9.17, 15) is 8.78 Å². The predicted octanol–water partition coefficient (Wildman–Crippen LogP) is 5.59. The van der Waals surface area contributed by atoms with Crippen LogP contribution in [0.1, 0.15) is 51.5 Å². The normalized spacial score (nSPS) is 12.8. The molecule has 0 aliphatic carbocycles. The van der Waals surface area contributed by atoms with Gasteiger partial charge in [-0.05, 0) is 30.9 Å². The highest BCUT2D eigenvalue weighted by Gasteiger charge is 2.11. The molecule has 1 unspecified atom stereocenters. The van der Waals surface area contributed by atoms with Gasteiger partial charge in [-0.25, -0.2) is 4.39 Å². The molecule has 0 saturated carbocycles. The van der Waals surface area contributed by atoms with E-state index in [1.165, 1.54) is 38.5 Å². The molecule has 0 bridgehead atoms. The van der Waals surface area contributed by atoms with Crippen molar-refractivity contribution < 1.29 is 13.5 Å². The predicted molar refractivity (Wildman–Crippen MR) is 79.9 cm³/mol. The summed E-state index contributed by atoms with van der Waals surface area (Å²) in [5, 5.41) is 0. The van der Waals surface area contributed by atoms with E-state index in [1.54, 1.807) is 6.08 Å². The van der Waals surface area contributed by atoms with Crippen LogP contribution in [0.2, 0.25) is 0 Å². The number of benzene rings is 1. The maximum Gasteiger partial charge on any atom is 0.201 e. The van der Waals surface area contributed by atoms with E-state index >= 15 is 0 Å². The molecule has 0 aromatic heterocycles. The van der Waals surface area contributed by atoms with Crippen LogP contribution in [0, 0.1) is 17.6 Å². The fourth-order valence-corrected chi connectivity index (χ4v) is 2.26. The summed E-state index contributed by atoms with van der Waals surface area (Å²) in [5.41, 5.74) is 0.268. The number of allylic oxidation sites excluding steroid dienone is 1. The second-order valence-electron chi connectivity index (χ2n) is 5.21. The van der Waals surface area contributed by atoms with E-state index in [-0.39, 0.29) is 11.3 Å². The second-order valence-corrected chi connectivity index (χ2v) is 5.21. The molecular formula is C17H24F2O. The number of methoxy groups -OCH3 is 1. The Morgan fingerprint density at radius 2 is 1.95 bits per heavy atom. The summed E-state index contributed by atoms with van der Waals surface area (Å²) in [6.45, 7) is 4.45. The van der Waals surface area contributed by atoms with Gasteiger partial charge in [-0.1, -0.05) is 45.3 Å². The van der Waals surface area contributed by atoms with Crippen LogP contribution in [-0.2, 0) is 0 Å². The Labute approximate surface area is 120 Å². The van der Waals surface area contributed by atoms with Crippen molar-refractivity contribution in [1.29, 1.82) is 0 Å². The molecule has 1 atom stereocenters. The second kappa shape index (κ2) is 8.72. The van der Waals surface area contributed by atoms with Crippen molar-refractivity contribution in [3.63, 3.8) is 0 Å². The van der Waals surface area contributed by atoms with Gasteiger partial charge in [0.05, 0.1) is 7.11 Å². The first kappa shape index (κ1) is 16.7. The number of hydrogen-bond donors (Lipinski definition) is 0. The fraction of sp³-hybridized carbons (Fsp3) is 0.529. The van der Waals surface area contributed by atoms with Crippen LogP contribution < -0.4 is 4.74 Å². The molecule has 0 spiro atoms. The minimum atomic E-state index is -0.925. The molecule has 0 aliphatic heterocycles. The van der Waals surface area contributed by atoms with Crippen LogP contribution in [-0.4, -0.2) is 7.11 Å². The summed E-state index contributed by atoms with van der Waals surface area (Å²) in [6, 6.07) is 2.98. The summed E-state index contributed by atoms with van der Waals surface area (Å²) in [7, 11) is 1.32. The SMILES string of the molecule is CCCC(C)CCC/C=C/c1ccc(OC)c(F)c1F. The van der Waals surface area contributed by atoms with Crippen LogP contribution in [0.4, 0.5) is 8.78 Å². The van der Waals surface area contributed by atoms with Crippen LogP contribution in [0.15, 0.2) is 18.2 Å². The van der Waals surface area contributed by atoms with Gasteiger partial charge in [-0.2, -0.15) is 4.39 Å². The third kappa shape index (κ3) is 4.95. The number of unbranched alkanes of at least 4 members (excludes halogenated alkanes) is 1. The summed E-state index contributed by atoms with van der Waals surface area (Å²) in [4.78, 5) is 0. The molecular weight excluding hydrogens is 258 g/mol. The Balaban J connectivity index is 2.49. The zero-order valence-electron chi connectivity index (χ0n) is 12.6. The standard InChI is InChI=1S/C17H24F2O/c1-4-8-13(2)9-6-5-7-10-14-11-12-15(20-3)17(19)16(14)18/h7,10-13H,4-6,8-9H2,1-3H3/b10-7+. The molecule has 0 saturated heterocycles. The van der Waals surface area contributed by atoms with Gasteiger partial charge in [-0.3, -0.25) is 0 Å². The minimum absolute atomic E-state index is 0.0620. The van der Waals surface area contributed by atoms with E-state index in [0.29, 0.717) is 0 Å². The highest BCUT2D eigenvalue weighted by Crippen LogP contribution is 2.23. The van der Waals surface area contributed by atoms with Gasteiger partial charge < -0.3 is 4.74 Å². The van der Waals surface area contributed by atoms with E-state index in [4.69, 9.17) is 4.74 Å². The molecule has 112 valence electrons. The number of hydrogen-bond acceptors (Lipinski definition) is 1. The Hall–Kier alpha value is -1.38. The van der Waals surface area contributed by atoms with Crippen molar-refractivity contribution >= 4 is 6.08 Å². The van der Waals surface area contributed by atoms with Crippen molar-refractivity contribution in [3.05, 3.63) is 35.4 Å². The van der Waals surface area contributed by atoms with Crippen molar-refractivity contribution in [2.24, 2.45) is 5.92 Å². The lowest BCUT2D eigenvalue weighted by atomic mass is 9.99. The smallest absolute Gasteiger partial charge is 0.201 e. The van der Waals surface area contributed by atoms with Gasteiger partial charge in [0.25, 0.3) is 0 Å². The molecule has 0 radical (unpaired) electrons. The number of halogens is 2. The van der Waals surface area contributed by atoms with E-state index < -0.39 is 11.6 Å². The van der Waals surface area contributed by atoms with Gasteiger partial charge in [0.1, 0.15) is 0 Å². The summed E-state index contributed by atoms with van der Waals surface area (Å²) >= 11 is 0. The van der Waals surface area contributed by atoms with E-state index in [0.717, 1.165) is 18.8 Å². The zero-order valence-corrected chi connectivity index (χ0v) is 12.6. The van der Waals surface area contributed by atoms with E-state index in [2.05, 4.69) is 13.8 Å². The van der Waals surface area contributed by atoms with Crippen LogP contribution in [0.5, 0.6) is 5.75 Å². The first-order valence-electron chi connectivity index (χ1n) is 7.28. The Kier molecular flexibility index (Phi) is 7.27. The first-order valence-corrected chi connectivity index (χ1v) is 7.28. The molecule has 1 aromatic carbocycles. The average molecular weight is 282 g/mol. The summed E-state index contributed by atoms with van der Waals surface area (Å²) < 4.78 is 31.9. The Morgan fingerprint density at radius 1 is 1.20 bits per heavy atom. The Morgan fingerprint density at radius 3 is 2.60 bits per heavy atom. The number of ether oxygens (including phenoxy) is 1. The lowest BCUT2D eigenvalue weighted by Crippen LogP contribution is -1.94. The van der Waals surface area contributed by atoms with Crippen molar-refractivity contribution in [2.75, 3.05) is 7.11 Å². The molecule has 1 rings (SSSR count). The third-order valence-electron chi connectivity index (χ3n) is 3.44. The minimum Gasteiger partial charge on any atom is -0.494 e. The lowest BCUT2D eigenvalue weighted by molar-refractivity contribution is 0.371. The van der Waals surface area contributed by atoms with Crippen LogP contribution in [0.3, 0.4) is 0 Å². The highest BCUT2D eigenvalue weighted by molar-refractivity contribution is 5.52. The quantitative estimate of drug-likeness (QED) is 0.564. The molecule has 20 heavy (non-hydrogen) atoms. The van der Waals surface area contributed by atoms with Gasteiger partial charge in [0.15, 0.2) is 11.6 Å². The Bertz CT molecular complexity index is 441. The van der Waals surface area contributed by atoms with Crippen LogP contribution >= 0.6 is 0 Å². The lowest BCUT2D eigenvalue weighted by Gasteiger charge is -2.08. The van der Waals surface area contributed by atoms with E-state index in [1.807, 2.05) is 6.08 Å². The molecule has 0 fully saturated rings. The first-order chi connectivity index (χ1) is 9.60. The van der Waals surface area contributed by atoms with Gasteiger partial charge >= 0.3 is 0 Å². The topological polar surface area (TPSA) is 9.23 Å². The average Bonchev–Trinajstić information content (AvgIpc) is 2.43. The molecule has 0 amide bonds. The van der Waals surface area contributed by atoms with Gasteiger partial charge in [0, 0.05) is 5.56 Å². The number of rotatable bonds is 8. The summed E-state index contributed by atoms with van der Waals surface area (Å²) in [6.07, 6.45) is 9.16. The van der Waals surface area contributed by atoms with Crippen molar-refractivity contribution in [2.45, 2.75) is 46.0 Å². The van der Waals surface area contributed by atoms with Crippen molar-refractivity contribution in [1.82, 2.24) is 0 Å². The zero-order chi connectivity index (χ0) is 15.0. The molecule has 1 nitrogen and oxygen atoms in total. The van der Waals surface area contributed by atoms with Crippen LogP contribution in [0.25, 0.3) is 6.08 Å². The van der Waals surface area contributed by atoms with Gasteiger partial charge in [0.2, 0.25) is 5.82 Å². The van der Waals surface area contributed by atoms with Crippen molar-refractivity contribution in [3.8, 4) is 5.75 Å². The maximum atomic E-state index is 13.7. The molecule has 0 N–H and O–H groups in total. The van der Waals surface area contributed by atoms with Gasteiger partial charge in [-0.15, -0.1) is 0 Å². The highest BCUT2D eigenvalue weighted by atomic mass is 19.2. The molecule has 0 heterocycles. The third-order valence-corrected chi connectivity index (χ3v) is 3.44. The monoisotopic (exact) mass is 282 g/mol.